The van der Waals surface area contributed by atoms with E-state index in [0.29, 0.717) is 11.3 Å². The van der Waals surface area contributed by atoms with E-state index in [-0.39, 0.29) is 0 Å². The summed E-state index contributed by atoms with van der Waals surface area (Å²) in [5.74, 6) is 0.678. The largest absolute Gasteiger partial charge is 0.103 e. The van der Waals surface area contributed by atoms with Gasteiger partial charge in [-0.15, -0.1) is 6.58 Å². The number of hydrogen-bond donors (Lipinski definition) is 0. The summed E-state index contributed by atoms with van der Waals surface area (Å²) in [5.41, 5.74) is 1.85. The van der Waals surface area contributed by atoms with Crippen molar-refractivity contribution in [3.8, 4) is 0 Å². The van der Waals surface area contributed by atoms with Crippen LogP contribution in [0.1, 0.15) is 53.0 Å². The molecule has 0 aliphatic heterocycles. The van der Waals surface area contributed by atoms with E-state index in [2.05, 4.69) is 71.5 Å². The minimum Gasteiger partial charge on any atom is -0.103 e. The lowest BCUT2D eigenvalue weighted by Gasteiger charge is -2.30. The summed E-state index contributed by atoms with van der Waals surface area (Å²) in [4.78, 5) is 0. The lowest BCUT2D eigenvalue weighted by molar-refractivity contribution is 0.243. The van der Waals surface area contributed by atoms with E-state index >= 15 is 0 Å². The molecule has 1 unspecified atom stereocenters. The molecule has 0 heterocycles. The summed E-state index contributed by atoms with van der Waals surface area (Å²) in [6.07, 6.45) is 5.67. The molecule has 0 nitrogen and oxygen atoms in total. The third-order valence-corrected chi connectivity index (χ3v) is 3.89. The molecule has 0 spiro atoms. The average Bonchev–Trinajstić information content (AvgIpc) is 2.41. The molecule has 0 saturated carbocycles. The topological polar surface area (TPSA) is 0 Å². The van der Waals surface area contributed by atoms with Crippen LogP contribution in [-0.4, -0.2) is 0 Å². The summed E-state index contributed by atoms with van der Waals surface area (Å²) >= 11 is 0. The highest BCUT2D eigenvalue weighted by atomic mass is 14.3. The first-order chi connectivity index (χ1) is 8.51. The lowest BCUT2D eigenvalue weighted by atomic mass is 9.75. The van der Waals surface area contributed by atoms with Crippen molar-refractivity contribution in [2.75, 3.05) is 0 Å². The van der Waals surface area contributed by atoms with Gasteiger partial charge in [0.2, 0.25) is 0 Å². The molecule has 0 N–H and O–H groups in total. The second-order valence-corrected chi connectivity index (χ2v) is 5.43. The van der Waals surface area contributed by atoms with Crippen molar-refractivity contribution in [1.29, 1.82) is 0 Å². The van der Waals surface area contributed by atoms with Gasteiger partial charge in [-0.2, -0.15) is 0 Å². The van der Waals surface area contributed by atoms with Gasteiger partial charge in [-0.05, 0) is 29.7 Å². The summed E-state index contributed by atoms with van der Waals surface area (Å²) in [6.45, 7) is 15.1. The highest BCUT2D eigenvalue weighted by molar-refractivity contribution is 5.13. The molecule has 0 aromatic heterocycles. The van der Waals surface area contributed by atoms with Gasteiger partial charge < -0.3 is 0 Å². The molecule has 1 aromatic carbocycles. The Labute approximate surface area is 114 Å². The van der Waals surface area contributed by atoms with Gasteiger partial charge in [0.25, 0.3) is 0 Å². The smallest absolute Gasteiger partial charge is 0.0188 e. The quantitative estimate of drug-likeness (QED) is 0.569. The van der Waals surface area contributed by atoms with Crippen LogP contribution in [0.5, 0.6) is 0 Å². The van der Waals surface area contributed by atoms with Gasteiger partial charge in [-0.25, -0.2) is 0 Å². The van der Waals surface area contributed by atoms with Crippen molar-refractivity contribution in [2.45, 2.75) is 53.9 Å². The molecule has 0 radical (unpaired) electrons. The maximum atomic E-state index is 3.85. The molecule has 0 saturated heterocycles. The molecule has 0 aliphatic rings. The fourth-order valence-corrected chi connectivity index (χ4v) is 2.01. The normalized spacial score (nSPS) is 12.3. The van der Waals surface area contributed by atoms with Crippen LogP contribution in [0, 0.1) is 11.3 Å². The standard InChI is InChI=1S/C10H20.C8H10/c1-6-9(7-2)10(4,5)8-3;1-2-8-6-4-3-5-7-8/h6,9H,1,7-8H2,2-5H3;3-7H,2H2,1H3. The Balaban J connectivity index is 0.000000327. The predicted molar refractivity (Wildman–Crippen MR) is 83.9 cm³/mol. The Morgan fingerprint density at radius 3 is 1.89 bits per heavy atom. The van der Waals surface area contributed by atoms with Crippen molar-refractivity contribution in [2.24, 2.45) is 11.3 Å². The molecule has 0 fully saturated rings. The number of allylic oxidation sites excluding steroid dienone is 1. The van der Waals surface area contributed by atoms with Crippen LogP contribution in [0.2, 0.25) is 0 Å². The Bertz CT molecular complexity index is 308. The fraction of sp³-hybridized carbons (Fsp3) is 0.556. The number of benzene rings is 1. The highest BCUT2D eigenvalue weighted by Gasteiger charge is 2.22. The van der Waals surface area contributed by atoms with Gasteiger partial charge >= 0.3 is 0 Å². The van der Waals surface area contributed by atoms with Gasteiger partial charge in [-0.3, -0.25) is 0 Å². The zero-order valence-electron chi connectivity index (χ0n) is 12.9. The van der Waals surface area contributed by atoms with Gasteiger partial charge in [0, 0.05) is 0 Å². The van der Waals surface area contributed by atoms with Crippen LogP contribution in [0.4, 0.5) is 0 Å². The molecule has 1 aromatic rings. The van der Waals surface area contributed by atoms with E-state index in [4.69, 9.17) is 0 Å². The van der Waals surface area contributed by atoms with E-state index < -0.39 is 0 Å². The van der Waals surface area contributed by atoms with Gasteiger partial charge in [0.15, 0.2) is 0 Å². The van der Waals surface area contributed by atoms with Crippen molar-refractivity contribution in [3.05, 3.63) is 48.6 Å². The summed E-state index contributed by atoms with van der Waals surface area (Å²) in [5, 5.41) is 0. The molecule has 102 valence electrons. The van der Waals surface area contributed by atoms with Crippen LogP contribution >= 0.6 is 0 Å². The number of rotatable bonds is 5. The van der Waals surface area contributed by atoms with E-state index in [1.54, 1.807) is 0 Å². The first kappa shape index (κ1) is 17.0. The Hall–Kier alpha value is -1.04. The van der Waals surface area contributed by atoms with Crippen molar-refractivity contribution >= 4 is 0 Å². The van der Waals surface area contributed by atoms with Crippen LogP contribution < -0.4 is 0 Å². The molecular weight excluding hydrogens is 216 g/mol. The molecule has 1 atom stereocenters. The van der Waals surface area contributed by atoms with Crippen molar-refractivity contribution in [3.63, 3.8) is 0 Å². The van der Waals surface area contributed by atoms with Crippen LogP contribution in [0.3, 0.4) is 0 Å². The second-order valence-electron chi connectivity index (χ2n) is 5.43. The minimum atomic E-state index is 0.441. The van der Waals surface area contributed by atoms with Crippen LogP contribution in [-0.2, 0) is 6.42 Å². The monoisotopic (exact) mass is 246 g/mol. The Kier molecular flexibility index (Phi) is 8.45. The van der Waals surface area contributed by atoms with Gasteiger partial charge in [0.1, 0.15) is 0 Å². The number of aryl methyl sites for hydroxylation is 1. The Morgan fingerprint density at radius 2 is 1.67 bits per heavy atom. The molecule has 0 heteroatoms. The predicted octanol–water partition coefficient (Wildman–Crippen LogP) is 5.88. The van der Waals surface area contributed by atoms with Crippen LogP contribution in [0.25, 0.3) is 0 Å². The van der Waals surface area contributed by atoms with Gasteiger partial charge in [-0.1, -0.05) is 77.4 Å². The first-order valence-corrected chi connectivity index (χ1v) is 7.18. The SMILES string of the molecule is C=CC(CC)C(C)(C)CC.CCc1ccccc1. The first-order valence-electron chi connectivity index (χ1n) is 7.18. The highest BCUT2D eigenvalue weighted by Crippen LogP contribution is 2.33. The molecule has 18 heavy (non-hydrogen) atoms. The Morgan fingerprint density at radius 1 is 1.11 bits per heavy atom. The second kappa shape index (κ2) is 8.97. The van der Waals surface area contributed by atoms with E-state index in [1.165, 1.54) is 18.4 Å². The fourth-order valence-electron chi connectivity index (χ4n) is 2.01. The minimum absolute atomic E-state index is 0.441. The maximum absolute atomic E-state index is 3.85. The lowest BCUT2D eigenvalue weighted by Crippen LogP contribution is -2.20. The van der Waals surface area contributed by atoms with E-state index in [0.717, 1.165) is 6.42 Å². The molecule has 1 rings (SSSR count). The third-order valence-electron chi connectivity index (χ3n) is 3.89. The maximum Gasteiger partial charge on any atom is -0.0188 e. The summed E-state index contributed by atoms with van der Waals surface area (Å²) < 4.78 is 0. The molecule has 0 aliphatic carbocycles. The summed E-state index contributed by atoms with van der Waals surface area (Å²) in [7, 11) is 0. The van der Waals surface area contributed by atoms with Crippen molar-refractivity contribution < 1.29 is 0 Å². The van der Waals surface area contributed by atoms with Gasteiger partial charge in [0.05, 0.1) is 0 Å². The van der Waals surface area contributed by atoms with Crippen molar-refractivity contribution in [1.82, 2.24) is 0 Å². The zero-order chi connectivity index (χ0) is 14.0. The third kappa shape index (κ3) is 6.05. The number of hydrogen-bond acceptors (Lipinski definition) is 0. The molecular formula is C18H30. The zero-order valence-corrected chi connectivity index (χ0v) is 12.9. The summed E-state index contributed by atoms with van der Waals surface area (Å²) in [6, 6.07) is 10.5. The molecule has 0 amide bonds. The van der Waals surface area contributed by atoms with E-state index in [9.17, 15) is 0 Å². The average molecular weight is 246 g/mol. The molecule has 0 bridgehead atoms. The van der Waals surface area contributed by atoms with E-state index in [1.807, 2.05) is 6.07 Å². The van der Waals surface area contributed by atoms with Crippen LogP contribution in [0.15, 0.2) is 43.0 Å².